The average molecular weight is 251 g/mol. The summed E-state index contributed by atoms with van der Waals surface area (Å²) in [5.41, 5.74) is -1.94. The van der Waals surface area contributed by atoms with Crippen LogP contribution in [0.2, 0.25) is 0 Å². The van der Waals surface area contributed by atoms with Gasteiger partial charge in [0.05, 0.1) is 6.10 Å². The summed E-state index contributed by atoms with van der Waals surface area (Å²) < 4.78 is 24.9. The highest BCUT2D eigenvalue weighted by atomic mass is 19.3. The third-order valence-electron chi connectivity index (χ3n) is 3.55. The van der Waals surface area contributed by atoms with Crippen LogP contribution in [-0.4, -0.2) is 40.9 Å². The van der Waals surface area contributed by atoms with Crippen molar-refractivity contribution in [3.8, 4) is 0 Å². The zero-order chi connectivity index (χ0) is 13.3. The van der Waals surface area contributed by atoms with Crippen molar-refractivity contribution in [3.63, 3.8) is 0 Å². The molecule has 102 valence electrons. The summed E-state index contributed by atoms with van der Waals surface area (Å²) in [4.78, 5) is 0. The van der Waals surface area contributed by atoms with E-state index in [1.807, 2.05) is 0 Å². The third-order valence-corrected chi connectivity index (χ3v) is 3.55. The van der Waals surface area contributed by atoms with Gasteiger partial charge in [0.25, 0.3) is 6.43 Å². The van der Waals surface area contributed by atoms with Crippen LogP contribution in [0.1, 0.15) is 40.0 Å². The molecule has 0 radical (unpaired) electrons. The van der Waals surface area contributed by atoms with Gasteiger partial charge in [-0.05, 0) is 31.6 Å². The summed E-state index contributed by atoms with van der Waals surface area (Å²) in [6, 6.07) is -0.219. The zero-order valence-electron chi connectivity index (χ0n) is 10.7. The monoisotopic (exact) mass is 251 g/mol. The molecular weight excluding hydrogens is 228 g/mol. The van der Waals surface area contributed by atoms with E-state index in [-0.39, 0.29) is 18.0 Å². The first-order valence-electron chi connectivity index (χ1n) is 6.06. The molecule has 1 rings (SSSR count). The second-order valence-corrected chi connectivity index (χ2v) is 6.12. The molecule has 3 N–H and O–H groups in total. The largest absolute Gasteiger partial charge is 0.392 e. The van der Waals surface area contributed by atoms with Crippen LogP contribution >= 0.6 is 0 Å². The van der Waals surface area contributed by atoms with Gasteiger partial charge in [-0.2, -0.15) is 0 Å². The fraction of sp³-hybridized carbons (Fsp3) is 1.00. The Balaban J connectivity index is 2.50. The van der Waals surface area contributed by atoms with Crippen molar-refractivity contribution in [1.82, 2.24) is 5.32 Å². The Bertz CT molecular complexity index is 257. The molecule has 0 spiro atoms. The number of aliphatic hydroxyl groups excluding tert-OH is 1. The van der Waals surface area contributed by atoms with E-state index in [9.17, 15) is 19.0 Å². The van der Waals surface area contributed by atoms with E-state index in [4.69, 9.17) is 0 Å². The molecule has 0 saturated heterocycles. The highest BCUT2D eigenvalue weighted by Gasteiger charge is 2.37. The molecule has 0 aliphatic heterocycles. The van der Waals surface area contributed by atoms with Crippen LogP contribution in [0.25, 0.3) is 0 Å². The predicted octanol–water partition coefficient (Wildman–Crippen LogP) is 1.53. The van der Waals surface area contributed by atoms with E-state index in [0.717, 1.165) is 19.8 Å². The highest BCUT2D eigenvalue weighted by molar-refractivity contribution is 4.91. The fourth-order valence-electron chi connectivity index (χ4n) is 2.20. The lowest BCUT2D eigenvalue weighted by Gasteiger charge is -2.40. The topological polar surface area (TPSA) is 52.5 Å². The molecule has 0 heterocycles. The lowest BCUT2D eigenvalue weighted by Crippen LogP contribution is -2.53. The van der Waals surface area contributed by atoms with Gasteiger partial charge < -0.3 is 15.5 Å². The second kappa shape index (κ2) is 5.16. The normalized spacial score (nSPS) is 32.5. The van der Waals surface area contributed by atoms with Crippen LogP contribution in [0.5, 0.6) is 0 Å². The van der Waals surface area contributed by atoms with Crippen LogP contribution in [0.15, 0.2) is 0 Å². The summed E-state index contributed by atoms with van der Waals surface area (Å²) in [6.45, 7) is 5.09. The maximum Gasteiger partial charge on any atom is 0.267 e. The summed E-state index contributed by atoms with van der Waals surface area (Å²) in [6.07, 6.45) is -0.979. The first-order valence-corrected chi connectivity index (χ1v) is 6.06. The Morgan fingerprint density at radius 3 is 2.59 bits per heavy atom. The Labute approximate surface area is 101 Å². The molecule has 1 aliphatic carbocycles. The van der Waals surface area contributed by atoms with Crippen molar-refractivity contribution in [2.45, 2.75) is 64.2 Å². The molecule has 0 aromatic heterocycles. The number of hydrogen-bond donors (Lipinski definition) is 3. The van der Waals surface area contributed by atoms with E-state index in [2.05, 4.69) is 19.2 Å². The Kier molecular flexibility index (Phi) is 4.49. The molecule has 1 unspecified atom stereocenters. The second-order valence-electron chi connectivity index (χ2n) is 6.12. The van der Waals surface area contributed by atoms with Crippen molar-refractivity contribution in [2.24, 2.45) is 5.41 Å². The van der Waals surface area contributed by atoms with E-state index >= 15 is 0 Å². The standard InChI is InChI=1S/C12H23F2NO2/c1-11(2)5-4-9(16)8(6-11)15-7-12(3,17)10(13)14/h8-10,15-17H,4-7H2,1-3H3/t8-,9-,12?/m1/s1. The van der Waals surface area contributed by atoms with Gasteiger partial charge in [0.15, 0.2) is 0 Å². The molecule has 5 heteroatoms. The van der Waals surface area contributed by atoms with Gasteiger partial charge in [-0.1, -0.05) is 13.8 Å². The van der Waals surface area contributed by atoms with Crippen molar-refractivity contribution in [2.75, 3.05) is 6.54 Å². The molecule has 3 nitrogen and oxygen atoms in total. The van der Waals surface area contributed by atoms with Crippen molar-refractivity contribution in [3.05, 3.63) is 0 Å². The summed E-state index contributed by atoms with van der Waals surface area (Å²) in [7, 11) is 0. The lowest BCUT2D eigenvalue weighted by molar-refractivity contribution is -0.0859. The number of rotatable bonds is 4. The van der Waals surface area contributed by atoms with Crippen LogP contribution in [0, 0.1) is 5.41 Å². The maximum atomic E-state index is 12.5. The molecule has 1 saturated carbocycles. The van der Waals surface area contributed by atoms with Gasteiger partial charge in [-0.3, -0.25) is 0 Å². The Hall–Kier alpha value is -0.260. The summed E-state index contributed by atoms with van der Waals surface area (Å²) >= 11 is 0. The number of alkyl halides is 2. The number of aliphatic hydroxyl groups is 2. The van der Waals surface area contributed by atoms with Gasteiger partial charge in [-0.15, -0.1) is 0 Å². The Morgan fingerprint density at radius 2 is 2.06 bits per heavy atom. The molecule has 0 aromatic carbocycles. The van der Waals surface area contributed by atoms with Crippen molar-refractivity contribution >= 4 is 0 Å². The smallest absolute Gasteiger partial charge is 0.267 e. The summed E-state index contributed by atoms with van der Waals surface area (Å²) in [5.74, 6) is 0. The molecule has 0 aromatic rings. The molecule has 1 aliphatic rings. The lowest BCUT2D eigenvalue weighted by atomic mass is 9.74. The summed E-state index contributed by atoms with van der Waals surface area (Å²) in [5, 5.41) is 22.1. The van der Waals surface area contributed by atoms with Gasteiger partial charge >= 0.3 is 0 Å². The van der Waals surface area contributed by atoms with Crippen molar-refractivity contribution in [1.29, 1.82) is 0 Å². The average Bonchev–Trinajstić information content (AvgIpc) is 2.19. The van der Waals surface area contributed by atoms with Gasteiger partial charge in [-0.25, -0.2) is 8.78 Å². The van der Waals surface area contributed by atoms with Gasteiger partial charge in [0, 0.05) is 12.6 Å². The molecule has 1 fully saturated rings. The predicted molar refractivity (Wildman–Crippen MR) is 62.1 cm³/mol. The van der Waals surface area contributed by atoms with Gasteiger partial charge in [0.1, 0.15) is 5.60 Å². The fourth-order valence-corrected chi connectivity index (χ4v) is 2.20. The Morgan fingerprint density at radius 1 is 1.47 bits per heavy atom. The van der Waals surface area contributed by atoms with Crippen LogP contribution in [0.3, 0.4) is 0 Å². The van der Waals surface area contributed by atoms with E-state index in [1.54, 1.807) is 0 Å². The molecule has 0 bridgehead atoms. The third kappa shape index (κ3) is 4.16. The number of hydrogen-bond acceptors (Lipinski definition) is 3. The molecule has 0 amide bonds. The minimum atomic E-state index is -2.79. The van der Waals surface area contributed by atoms with E-state index < -0.39 is 18.1 Å². The SMILES string of the molecule is CC1(C)CC[C@@H](O)[C@H](NCC(C)(O)C(F)F)C1. The van der Waals surface area contributed by atoms with E-state index in [1.165, 1.54) is 0 Å². The van der Waals surface area contributed by atoms with Gasteiger partial charge in [0.2, 0.25) is 0 Å². The number of nitrogens with one attached hydrogen (secondary N) is 1. The van der Waals surface area contributed by atoms with Crippen LogP contribution < -0.4 is 5.32 Å². The minimum absolute atomic E-state index is 0.105. The number of halogens is 2. The minimum Gasteiger partial charge on any atom is -0.392 e. The first kappa shape index (κ1) is 14.8. The van der Waals surface area contributed by atoms with E-state index in [0.29, 0.717) is 6.42 Å². The highest BCUT2D eigenvalue weighted by Crippen LogP contribution is 2.35. The molecular formula is C12H23F2NO2. The zero-order valence-corrected chi connectivity index (χ0v) is 10.7. The van der Waals surface area contributed by atoms with Crippen LogP contribution in [0.4, 0.5) is 8.78 Å². The quantitative estimate of drug-likeness (QED) is 0.710. The van der Waals surface area contributed by atoms with Crippen molar-refractivity contribution < 1.29 is 19.0 Å². The molecule has 3 atom stereocenters. The molecule has 17 heavy (non-hydrogen) atoms. The first-order chi connectivity index (χ1) is 7.64. The maximum absolute atomic E-state index is 12.5. The van der Waals surface area contributed by atoms with Crippen LogP contribution in [-0.2, 0) is 0 Å².